The van der Waals surface area contributed by atoms with E-state index in [4.69, 9.17) is 5.73 Å². The van der Waals surface area contributed by atoms with E-state index < -0.39 is 0 Å². The van der Waals surface area contributed by atoms with Gasteiger partial charge in [-0.3, -0.25) is 4.79 Å². The smallest absolute Gasteiger partial charge is 0.252 e. The van der Waals surface area contributed by atoms with Gasteiger partial charge in [-0.25, -0.2) is 4.98 Å². The van der Waals surface area contributed by atoms with Gasteiger partial charge < -0.3 is 16.0 Å². The van der Waals surface area contributed by atoms with Gasteiger partial charge in [-0.1, -0.05) is 6.07 Å². The monoisotopic (exact) mass is 270 g/mol. The Hall–Kier alpha value is -2.30. The number of nitrogens with two attached hydrogens (primary N) is 1. The Balaban J connectivity index is 1.91. The number of fused-ring (bicyclic) bond motifs is 1. The molecule has 3 rings (SSSR count). The highest BCUT2D eigenvalue weighted by Gasteiger charge is 2.20. The Morgan fingerprint density at radius 1 is 1.40 bits per heavy atom. The van der Waals surface area contributed by atoms with Crippen LogP contribution in [0, 0.1) is 6.92 Å². The highest BCUT2D eigenvalue weighted by atomic mass is 16.1. The van der Waals surface area contributed by atoms with Crippen LogP contribution in [0.25, 0.3) is 0 Å². The van der Waals surface area contributed by atoms with Crippen molar-refractivity contribution in [1.82, 2.24) is 9.97 Å². The van der Waals surface area contributed by atoms with Gasteiger partial charge in [0, 0.05) is 11.8 Å². The third-order valence-electron chi connectivity index (χ3n) is 3.66. The fourth-order valence-corrected chi connectivity index (χ4v) is 2.82. The maximum absolute atomic E-state index is 11.5. The molecule has 0 spiro atoms. The molecule has 0 saturated heterocycles. The SMILES string of the molecule is Cc1nc(NC2CCCc3cc(N)ccc32)cc(=O)[nH]1. The van der Waals surface area contributed by atoms with Crippen molar-refractivity contribution in [1.29, 1.82) is 0 Å². The summed E-state index contributed by atoms with van der Waals surface area (Å²) in [5, 5.41) is 3.37. The van der Waals surface area contributed by atoms with E-state index in [1.807, 2.05) is 12.1 Å². The first-order chi connectivity index (χ1) is 9.61. The predicted octanol–water partition coefficient (Wildman–Crippen LogP) is 2.15. The highest BCUT2D eigenvalue weighted by molar-refractivity contribution is 5.49. The van der Waals surface area contributed by atoms with Gasteiger partial charge >= 0.3 is 0 Å². The molecule has 2 aromatic rings. The summed E-state index contributed by atoms with van der Waals surface area (Å²) in [6.07, 6.45) is 3.20. The van der Waals surface area contributed by atoms with Gasteiger partial charge in [0.1, 0.15) is 11.6 Å². The molecule has 0 bridgehead atoms. The molecule has 1 unspecified atom stereocenters. The van der Waals surface area contributed by atoms with Crippen molar-refractivity contribution in [2.45, 2.75) is 32.2 Å². The van der Waals surface area contributed by atoms with Crippen LogP contribution in [0.2, 0.25) is 0 Å². The Morgan fingerprint density at radius 2 is 2.25 bits per heavy atom. The minimum Gasteiger partial charge on any atom is -0.399 e. The lowest BCUT2D eigenvalue weighted by molar-refractivity contribution is 0.598. The van der Waals surface area contributed by atoms with Crippen LogP contribution in [0.1, 0.15) is 35.8 Å². The zero-order valence-electron chi connectivity index (χ0n) is 11.4. The molecule has 0 aliphatic heterocycles. The lowest BCUT2D eigenvalue weighted by Gasteiger charge is -2.27. The number of H-pyrrole nitrogens is 1. The first-order valence-corrected chi connectivity index (χ1v) is 6.84. The molecule has 0 saturated carbocycles. The van der Waals surface area contributed by atoms with Gasteiger partial charge in [0.05, 0.1) is 6.04 Å². The number of benzene rings is 1. The van der Waals surface area contributed by atoms with Crippen LogP contribution in [-0.4, -0.2) is 9.97 Å². The lowest BCUT2D eigenvalue weighted by Crippen LogP contribution is -2.20. The van der Waals surface area contributed by atoms with Crippen molar-refractivity contribution < 1.29 is 0 Å². The third kappa shape index (κ3) is 2.52. The predicted molar refractivity (Wildman–Crippen MR) is 79.8 cm³/mol. The van der Waals surface area contributed by atoms with Crippen molar-refractivity contribution >= 4 is 11.5 Å². The van der Waals surface area contributed by atoms with Crippen molar-refractivity contribution in [3.05, 3.63) is 51.6 Å². The van der Waals surface area contributed by atoms with Gasteiger partial charge in [-0.2, -0.15) is 0 Å². The normalized spacial score (nSPS) is 17.6. The Labute approximate surface area is 117 Å². The van der Waals surface area contributed by atoms with Crippen LogP contribution in [0.3, 0.4) is 0 Å². The number of aromatic nitrogens is 2. The maximum Gasteiger partial charge on any atom is 0.252 e. The van der Waals surface area contributed by atoms with Gasteiger partial charge in [0.15, 0.2) is 0 Å². The zero-order valence-corrected chi connectivity index (χ0v) is 11.4. The number of aryl methyl sites for hydroxylation is 2. The van der Waals surface area contributed by atoms with E-state index in [0.717, 1.165) is 24.9 Å². The van der Waals surface area contributed by atoms with Crippen LogP contribution >= 0.6 is 0 Å². The summed E-state index contributed by atoms with van der Waals surface area (Å²) in [7, 11) is 0. The molecule has 1 atom stereocenters. The molecule has 0 fully saturated rings. The summed E-state index contributed by atoms with van der Waals surface area (Å²) in [5.74, 6) is 1.24. The standard InChI is InChI=1S/C15H18N4O/c1-9-17-14(8-15(20)18-9)19-13-4-2-3-10-7-11(16)5-6-12(10)13/h5-8,13H,2-4,16H2,1H3,(H2,17,18,19,20). The molecule has 1 aliphatic carbocycles. The molecule has 1 heterocycles. The molecule has 5 nitrogen and oxygen atoms in total. The first-order valence-electron chi connectivity index (χ1n) is 6.84. The summed E-state index contributed by atoms with van der Waals surface area (Å²) >= 11 is 0. The molecule has 1 aliphatic rings. The number of hydrogen-bond acceptors (Lipinski definition) is 4. The largest absolute Gasteiger partial charge is 0.399 e. The first kappa shape index (κ1) is 12.7. The van der Waals surface area contributed by atoms with E-state index in [2.05, 4.69) is 21.4 Å². The maximum atomic E-state index is 11.5. The molecule has 4 N–H and O–H groups in total. The second-order valence-corrected chi connectivity index (χ2v) is 5.26. The molecule has 104 valence electrons. The molecule has 1 aromatic carbocycles. The van der Waals surface area contributed by atoms with E-state index >= 15 is 0 Å². The summed E-state index contributed by atoms with van der Waals surface area (Å²) in [5.41, 5.74) is 9.05. The fourth-order valence-electron chi connectivity index (χ4n) is 2.82. The van der Waals surface area contributed by atoms with Crippen molar-refractivity contribution in [3.63, 3.8) is 0 Å². The van der Waals surface area contributed by atoms with Crippen LogP contribution in [0.5, 0.6) is 0 Å². The third-order valence-corrected chi connectivity index (χ3v) is 3.66. The molecule has 20 heavy (non-hydrogen) atoms. The number of hydrogen-bond donors (Lipinski definition) is 3. The quantitative estimate of drug-likeness (QED) is 0.730. The highest BCUT2D eigenvalue weighted by Crippen LogP contribution is 2.32. The van der Waals surface area contributed by atoms with Gasteiger partial charge in [0.25, 0.3) is 5.56 Å². The number of rotatable bonds is 2. The van der Waals surface area contributed by atoms with Crippen molar-refractivity contribution in [2.24, 2.45) is 0 Å². The lowest BCUT2D eigenvalue weighted by atomic mass is 9.87. The average molecular weight is 270 g/mol. The van der Waals surface area contributed by atoms with E-state index in [1.165, 1.54) is 17.2 Å². The molecule has 1 aromatic heterocycles. The van der Waals surface area contributed by atoms with Gasteiger partial charge in [0.2, 0.25) is 0 Å². The van der Waals surface area contributed by atoms with E-state index in [-0.39, 0.29) is 11.6 Å². The minimum absolute atomic E-state index is 0.131. The summed E-state index contributed by atoms with van der Waals surface area (Å²) < 4.78 is 0. The Kier molecular flexibility index (Phi) is 3.18. The molecule has 0 amide bonds. The second-order valence-electron chi connectivity index (χ2n) is 5.26. The Morgan fingerprint density at radius 3 is 3.05 bits per heavy atom. The summed E-state index contributed by atoms with van der Waals surface area (Å²) in [4.78, 5) is 18.5. The van der Waals surface area contributed by atoms with E-state index in [1.54, 1.807) is 6.92 Å². The number of nitrogens with one attached hydrogen (secondary N) is 2. The number of nitrogens with zero attached hydrogens (tertiary/aromatic N) is 1. The minimum atomic E-state index is -0.131. The van der Waals surface area contributed by atoms with Crippen LogP contribution in [-0.2, 0) is 6.42 Å². The number of aromatic amines is 1. The zero-order chi connectivity index (χ0) is 14.1. The second kappa shape index (κ2) is 5.00. The molecular weight excluding hydrogens is 252 g/mol. The Bertz CT molecular complexity index is 693. The van der Waals surface area contributed by atoms with Crippen molar-refractivity contribution in [3.8, 4) is 0 Å². The molecule has 0 radical (unpaired) electrons. The average Bonchev–Trinajstić information content (AvgIpc) is 2.37. The van der Waals surface area contributed by atoms with Crippen LogP contribution in [0.4, 0.5) is 11.5 Å². The summed E-state index contributed by atoms with van der Waals surface area (Å²) in [6, 6.07) is 7.72. The number of nitrogen functional groups attached to an aromatic ring is 1. The van der Waals surface area contributed by atoms with Crippen LogP contribution in [0.15, 0.2) is 29.1 Å². The van der Waals surface area contributed by atoms with E-state index in [0.29, 0.717) is 11.6 Å². The topological polar surface area (TPSA) is 83.8 Å². The van der Waals surface area contributed by atoms with Crippen LogP contribution < -0.4 is 16.6 Å². The molecule has 5 heteroatoms. The van der Waals surface area contributed by atoms with Crippen molar-refractivity contribution in [2.75, 3.05) is 11.1 Å². The molecular formula is C15H18N4O. The fraction of sp³-hybridized carbons (Fsp3) is 0.333. The van der Waals surface area contributed by atoms with E-state index in [9.17, 15) is 4.79 Å². The summed E-state index contributed by atoms with van der Waals surface area (Å²) in [6.45, 7) is 1.78. The van der Waals surface area contributed by atoms with Gasteiger partial charge in [-0.15, -0.1) is 0 Å². The van der Waals surface area contributed by atoms with Gasteiger partial charge in [-0.05, 0) is 49.4 Å². The number of anilines is 2.